The maximum absolute atomic E-state index is 15.1. The zero-order valence-corrected chi connectivity index (χ0v) is 23.3. The van der Waals surface area contributed by atoms with Crippen LogP contribution in [-0.2, 0) is 23.1 Å². The number of benzene rings is 1. The first kappa shape index (κ1) is 27.3. The maximum atomic E-state index is 15.1. The molecular formula is C31H34F2N6O2. The van der Waals surface area contributed by atoms with Gasteiger partial charge in [-0.25, -0.2) is 8.78 Å². The van der Waals surface area contributed by atoms with Crippen molar-refractivity contribution >= 4 is 17.6 Å². The van der Waals surface area contributed by atoms with E-state index >= 15 is 4.39 Å². The minimum Gasteiger partial charge on any atom is -0.462 e. The van der Waals surface area contributed by atoms with Gasteiger partial charge in [0.15, 0.2) is 0 Å². The maximum Gasteiger partial charge on any atom is 0.318 e. The summed E-state index contributed by atoms with van der Waals surface area (Å²) in [6.45, 7) is 6.50. The van der Waals surface area contributed by atoms with Crippen LogP contribution in [0.4, 0.5) is 14.6 Å². The SMILES string of the molecule is C=CC(=O)N1CCN(c2nc(OC[C@@H]3CCCN3C)nc3c2CCC2(C=C(F)c4c(F)cccc42)C3)C[C@@H]1CC#N. The summed E-state index contributed by atoms with van der Waals surface area (Å²) in [6.07, 6.45) is 6.75. The lowest BCUT2D eigenvalue weighted by molar-refractivity contribution is -0.128. The number of aromatic nitrogens is 2. The van der Waals surface area contributed by atoms with E-state index in [-0.39, 0.29) is 36.0 Å². The fraction of sp³-hybridized carbons (Fsp3) is 0.484. The summed E-state index contributed by atoms with van der Waals surface area (Å²) in [5, 5.41) is 9.47. The van der Waals surface area contributed by atoms with Gasteiger partial charge in [0.25, 0.3) is 0 Å². The van der Waals surface area contributed by atoms with Gasteiger partial charge in [-0.15, -0.1) is 0 Å². The van der Waals surface area contributed by atoms with Crippen molar-refractivity contribution in [1.29, 1.82) is 5.26 Å². The Morgan fingerprint density at radius 2 is 2.12 bits per heavy atom. The number of hydrogen-bond acceptors (Lipinski definition) is 7. The predicted molar refractivity (Wildman–Crippen MR) is 151 cm³/mol. The zero-order valence-electron chi connectivity index (χ0n) is 23.3. The number of carbonyl (C=O) groups excluding carboxylic acids is 1. The summed E-state index contributed by atoms with van der Waals surface area (Å²) in [5.74, 6) is -0.543. The van der Waals surface area contributed by atoms with Gasteiger partial charge in [0.1, 0.15) is 24.1 Å². The van der Waals surface area contributed by atoms with Crippen molar-refractivity contribution in [3.63, 3.8) is 0 Å². The van der Waals surface area contributed by atoms with E-state index in [9.17, 15) is 14.4 Å². The van der Waals surface area contributed by atoms with Crippen LogP contribution in [-0.4, -0.2) is 77.6 Å². The number of halogens is 2. The number of anilines is 1. The Balaban J connectivity index is 1.36. The van der Waals surface area contributed by atoms with Crippen LogP contribution in [0, 0.1) is 17.1 Å². The molecule has 3 heterocycles. The molecule has 3 atom stereocenters. The molecule has 2 aliphatic carbocycles. The first-order valence-corrected chi connectivity index (χ1v) is 14.3. The van der Waals surface area contributed by atoms with Gasteiger partial charge in [-0.05, 0) is 63.1 Å². The number of nitriles is 1. The number of nitrogens with zero attached hydrogens (tertiary/aromatic N) is 6. The largest absolute Gasteiger partial charge is 0.462 e. The van der Waals surface area contributed by atoms with Crippen LogP contribution >= 0.6 is 0 Å². The number of allylic oxidation sites excluding steroid dienone is 1. The van der Waals surface area contributed by atoms with Crippen molar-refractivity contribution in [2.45, 2.75) is 56.0 Å². The second-order valence-electron chi connectivity index (χ2n) is 11.5. The fourth-order valence-electron chi connectivity index (χ4n) is 6.98. The Bertz CT molecular complexity index is 1450. The number of piperazine rings is 1. The van der Waals surface area contributed by atoms with E-state index in [1.807, 2.05) is 6.07 Å². The molecule has 1 amide bonds. The molecule has 2 saturated heterocycles. The van der Waals surface area contributed by atoms with Crippen LogP contribution < -0.4 is 9.64 Å². The quantitative estimate of drug-likeness (QED) is 0.495. The van der Waals surface area contributed by atoms with Crippen LogP contribution in [0.5, 0.6) is 6.01 Å². The lowest BCUT2D eigenvalue weighted by atomic mass is 9.70. The van der Waals surface area contributed by atoms with Crippen LogP contribution in [0.1, 0.15) is 48.1 Å². The third-order valence-electron chi connectivity index (χ3n) is 9.19. The summed E-state index contributed by atoms with van der Waals surface area (Å²) in [6, 6.07) is 7.18. The van der Waals surface area contributed by atoms with Crippen molar-refractivity contribution in [3.8, 4) is 12.1 Å². The average molecular weight is 561 g/mol. The van der Waals surface area contributed by atoms with Crippen molar-refractivity contribution in [1.82, 2.24) is 19.8 Å². The Kier molecular flexibility index (Phi) is 7.24. The number of carbonyl (C=O) groups is 1. The van der Waals surface area contributed by atoms with Gasteiger partial charge < -0.3 is 19.4 Å². The van der Waals surface area contributed by atoms with Crippen molar-refractivity contribution < 1.29 is 18.3 Å². The van der Waals surface area contributed by atoms with Crippen molar-refractivity contribution in [2.24, 2.45) is 0 Å². The number of likely N-dealkylation sites (tertiary alicyclic amines) is 1. The topological polar surface area (TPSA) is 85.6 Å². The normalized spacial score (nSPS) is 25.5. The molecule has 4 aliphatic rings. The highest BCUT2D eigenvalue weighted by Crippen LogP contribution is 2.50. The van der Waals surface area contributed by atoms with Crippen molar-refractivity contribution in [2.75, 3.05) is 44.7 Å². The second kappa shape index (κ2) is 10.9. The van der Waals surface area contributed by atoms with E-state index < -0.39 is 17.1 Å². The number of rotatable bonds is 6. The number of likely N-dealkylation sites (N-methyl/N-ethyl adjacent to an activating group) is 1. The molecule has 214 valence electrons. The van der Waals surface area contributed by atoms with E-state index in [1.165, 1.54) is 12.1 Å². The average Bonchev–Trinajstić information content (AvgIpc) is 3.51. The smallest absolute Gasteiger partial charge is 0.318 e. The van der Waals surface area contributed by atoms with E-state index in [1.54, 1.807) is 17.0 Å². The molecule has 2 aromatic rings. The van der Waals surface area contributed by atoms with E-state index in [0.717, 1.165) is 36.5 Å². The van der Waals surface area contributed by atoms with Crippen LogP contribution in [0.3, 0.4) is 0 Å². The van der Waals surface area contributed by atoms with Crippen molar-refractivity contribution in [3.05, 3.63) is 65.1 Å². The van der Waals surface area contributed by atoms with Gasteiger partial charge in [0, 0.05) is 48.6 Å². The highest BCUT2D eigenvalue weighted by molar-refractivity contribution is 5.87. The Morgan fingerprint density at radius 1 is 1.27 bits per heavy atom. The Hall–Kier alpha value is -3.84. The van der Waals surface area contributed by atoms with Crippen LogP contribution in [0.15, 0.2) is 36.9 Å². The van der Waals surface area contributed by atoms with Gasteiger partial charge in [0.2, 0.25) is 5.91 Å². The van der Waals surface area contributed by atoms with Gasteiger partial charge >= 0.3 is 6.01 Å². The van der Waals surface area contributed by atoms with E-state index in [0.29, 0.717) is 51.1 Å². The first-order valence-electron chi connectivity index (χ1n) is 14.3. The highest BCUT2D eigenvalue weighted by atomic mass is 19.1. The fourth-order valence-corrected chi connectivity index (χ4v) is 6.98. The van der Waals surface area contributed by atoms with Crippen LogP contribution in [0.2, 0.25) is 0 Å². The molecule has 6 rings (SSSR count). The zero-order chi connectivity index (χ0) is 28.7. The number of amides is 1. The summed E-state index contributed by atoms with van der Waals surface area (Å²) < 4.78 is 35.9. The molecule has 0 bridgehead atoms. The molecular weight excluding hydrogens is 526 g/mol. The second-order valence-corrected chi connectivity index (χ2v) is 11.5. The summed E-state index contributed by atoms with van der Waals surface area (Å²) >= 11 is 0. The molecule has 1 aromatic heterocycles. The van der Waals surface area contributed by atoms with Gasteiger partial charge in [-0.2, -0.15) is 15.2 Å². The van der Waals surface area contributed by atoms with E-state index in [4.69, 9.17) is 14.7 Å². The van der Waals surface area contributed by atoms with Gasteiger partial charge in [-0.1, -0.05) is 18.7 Å². The molecule has 0 saturated carbocycles. The number of fused-ring (bicyclic) bond motifs is 3. The molecule has 0 N–H and O–H groups in total. The molecule has 8 nitrogen and oxygen atoms in total. The standard InChI is InChI=1S/C31H34F2N6O2/c1-3-27(40)39-15-14-38(18-20(39)10-12-34)29-22-9-11-31(16-25(33)28-23(31)7-4-8-24(28)32)17-26(22)35-30(36-29)41-19-21-6-5-13-37(21)2/h3-4,7-8,16,20-21H,1,5-6,9-11,13-15,17-19H2,2H3/t20-,21-,31?/m0/s1. The molecule has 2 fully saturated rings. The lowest BCUT2D eigenvalue weighted by Gasteiger charge is -2.42. The predicted octanol–water partition coefficient (Wildman–Crippen LogP) is 3.96. The summed E-state index contributed by atoms with van der Waals surface area (Å²) in [7, 11) is 2.08. The highest BCUT2D eigenvalue weighted by Gasteiger charge is 2.44. The Labute approximate surface area is 238 Å². The molecule has 0 radical (unpaired) electrons. The number of ether oxygens (including phenoxy) is 1. The monoisotopic (exact) mass is 560 g/mol. The van der Waals surface area contributed by atoms with Gasteiger partial charge in [0.05, 0.1) is 24.2 Å². The van der Waals surface area contributed by atoms with Crippen LogP contribution in [0.25, 0.3) is 5.83 Å². The molecule has 2 aliphatic heterocycles. The number of hydrogen-bond donors (Lipinski definition) is 0. The van der Waals surface area contributed by atoms with Gasteiger partial charge in [-0.3, -0.25) is 4.79 Å². The first-order chi connectivity index (χ1) is 19.8. The minimum atomic E-state index is -0.693. The van der Waals surface area contributed by atoms with E-state index in [2.05, 4.69) is 29.5 Å². The summed E-state index contributed by atoms with van der Waals surface area (Å²) in [5.41, 5.74) is 1.73. The molecule has 1 unspecified atom stereocenters. The molecule has 1 spiro atoms. The lowest BCUT2D eigenvalue weighted by Crippen LogP contribution is -2.55. The molecule has 41 heavy (non-hydrogen) atoms. The summed E-state index contributed by atoms with van der Waals surface area (Å²) in [4.78, 5) is 28.3. The molecule has 1 aromatic carbocycles. The minimum absolute atomic E-state index is 0.0494. The molecule has 10 heteroatoms. The Morgan fingerprint density at radius 3 is 2.88 bits per heavy atom. The third-order valence-corrected chi connectivity index (χ3v) is 9.19. The third kappa shape index (κ3) is 4.86.